The molecule has 0 aliphatic carbocycles. The molecular weight excluding hydrogens is 736 g/mol. The summed E-state index contributed by atoms with van der Waals surface area (Å²) < 4.78 is 67.4. The first kappa shape index (κ1) is 39.4. The minimum absolute atomic E-state index is 0.00789. The van der Waals surface area contributed by atoms with Gasteiger partial charge in [-0.25, -0.2) is 21.6 Å². The molecule has 2 heterocycles. The average Bonchev–Trinajstić information content (AvgIpc) is 3.59. The number of esters is 1. The highest BCUT2D eigenvalue weighted by Gasteiger charge is 2.50. The zero-order valence-electron chi connectivity index (χ0n) is 31.6. The van der Waals surface area contributed by atoms with Crippen LogP contribution in [0.4, 0.5) is 4.39 Å². The molecule has 0 amide bonds. The zero-order chi connectivity index (χ0) is 39.2. The maximum atomic E-state index is 14.5. The first-order valence-electron chi connectivity index (χ1n) is 18.1. The van der Waals surface area contributed by atoms with E-state index in [0.29, 0.717) is 30.4 Å². The van der Waals surface area contributed by atoms with Crippen molar-refractivity contribution in [3.8, 4) is 17.4 Å². The summed E-state index contributed by atoms with van der Waals surface area (Å²) in [6.45, 7) is 9.03. The Balaban J connectivity index is 1.29. The van der Waals surface area contributed by atoms with Gasteiger partial charge in [0.1, 0.15) is 17.1 Å². The molecule has 0 saturated heterocycles. The van der Waals surface area contributed by atoms with Gasteiger partial charge < -0.3 is 18.6 Å². The molecule has 0 aliphatic heterocycles. The minimum Gasteiger partial charge on any atom is -0.472 e. The second kappa shape index (κ2) is 16.6. The van der Waals surface area contributed by atoms with Crippen LogP contribution < -0.4 is 19.8 Å². The summed E-state index contributed by atoms with van der Waals surface area (Å²) in [7, 11) is -5.43. The second-order valence-corrected chi connectivity index (χ2v) is 20.5. The molecule has 12 heteroatoms. The van der Waals surface area contributed by atoms with Gasteiger partial charge in [0.05, 0.1) is 19.0 Å². The fourth-order valence-corrected chi connectivity index (χ4v) is 12.8. The van der Waals surface area contributed by atoms with Crippen molar-refractivity contribution < 1.29 is 36.2 Å². The molecule has 1 atom stereocenters. The average molecular weight is 781 g/mol. The number of rotatable bonds is 15. The first-order chi connectivity index (χ1) is 26.3. The van der Waals surface area contributed by atoms with E-state index in [4.69, 9.17) is 18.6 Å². The van der Waals surface area contributed by atoms with E-state index in [-0.39, 0.29) is 39.4 Å². The maximum absolute atomic E-state index is 14.5. The van der Waals surface area contributed by atoms with E-state index in [0.717, 1.165) is 16.1 Å². The van der Waals surface area contributed by atoms with Crippen molar-refractivity contribution in [3.63, 3.8) is 0 Å². The molecule has 0 bridgehead atoms. The Labute approximate surface area is 322 Å². The van der Waals surface area contributed by atoms with Crippen LogP contribution in [-0.2, 0) is 24.9 Å². The molecule has 0 aliphatic rings. The third kappa shape index (κ3) is 8.67. The predicted molar refractivity (Wildman–Crippen MR) is 215 cm³/mol. The molecule has 1 unspecified atom stereocenters. The van der Waals surface area contributed by atoms with E-state index in [2.05, 4.69) is 74.3 Å². The smallest absolute Gasteiger partial charge is 0.341 e. The van der Waals surface area contributed by atoms with Gasteiger partial charge in [0.2, 0.25) is 10.0 Å². The summed E-state index contributed by atoms with van der Waals surface area (Å²) >= 11 is 0. The van der Waals surface area contributed by atoms with Crippen molar-refractivity contribution in [3.05, 3.63) is 144 Å². The van der Waals surface area contributed by atoms with E-state index in [9.17, 15) is 17.6 Å². The number of carbonyl (C=O) groups excluding carboxylic acids is 1. The normalized spacial score (nSPS) is 12.7. The van der Waals surface area contributed by atoms with Crippen LogP contribution in [0.5, 0.6) is 17.4 Å². The zero-order valence-corrected chi connectivity index (χ0v) is 33.4. The van der Waals surface area contributed by atoms with Crippen LogP contribution in [0, 0.1) is 5.82 Å². The van der Waals surface area contributed by atoms with Gasteiger partial charge in [-0.3, -0.25) is 0 Å². The molecule has 0 radical (unpaired) electrons. The monoisotopic (exact) mass is 780 g/mol. The largest absolute Gasteiger partial charge is 0.472 e. The highest BCUT2D eigenvalue weighted by atomic mass is 32.2. The highest BCUT2D eigenvalue weighted by molar-refractivity contribution is 7.89. The molecule has 4 aromatic carbocycles. The van der Waals surface area contributed by atoms with E-state index in [1.807, 2.05) is 25.1 Å². The van der Waals surface area contributed by atoms with Gasteiger partial charge in [0, 0.05) is 24.3 Å². The van der Waals surface area contributed by atoms with Crippen molar-refractivity contribution >= 4 is 45.7 Å². The van der Waals surface area contributed by atoms with E-state index < -0.39 is 36.2 Å². The third-order valence-corrected chi connectivity index (χ3v) is 16.1. The molecular formula is C43H45FN2O7SSi. The van der Waals surface area contributed by atoms with Crippen molar-refractivity contribution in [1.29, 1.82) is 0 Å². The number of benzene rings is 4. The summed E-state index contributed by atoms with van der Waals surface area (Å²) in [5.74, 6) is -1.67. The molecule has 9 nitrogen and oxygen atoms in total. The fraction of sp³-hybridized carbons (Fsp3) is 0.256. The number of nitrogens with zero attached hydrogens (tertiary/aromatic N) is 2. The lowest BCUT2D eigenvalue weighted by molar-refractivity contribution is 0.0597. The van der Waals surface area contributed by atoms with Gasteiger partial charge in [0.15, 0.2) is 11.4 Å². The van der Waals surface area contributed by atoms with Gasteiger partial charge in [-0.15, -0.1) is 0 Å². The summed E-state index contributed by atoms with van der Waals surface area (Å²) in [6, 6.07) is 36.3. The topological polar surface area (TPSA) is 106 Å². The van der Waals surface area contributed by atoms with Crippen LogP contribution in [0.25, 0.3) is 11.0 Å². The summed E-state index contributed by atoms with van der Waals surface area (Å²) in [4.78, 5) is 17.3. The van der Waals surface area contributed by atoms with Crippen LogP contribution >= 0.6 is 0 Å². The van der Waals surface area contributed by atoms with Crippen LogP contribution in [0.15, 0.2) is 128 Å². The Morgan fingerprint density at radius 2 is 1.47 bits per heavy atom. The molecule has 0 spiro atoms. The number of halogens is 1. The molecule has 6 aromatic rings. The Hall–Kier alpha value is -5.30. The maximum Gasteiger partial charge on any atom is 0.341 e. The number of hydrogen-bond acceptors (Lipinski definition) is 8. The van der Waals surface area contributed by atoms with Gasteiger partial charge in [-0.1, -0.05) is 112 Å². The van der Waals surface area contributed by atoms with Crippen molar-refractivity contribution in [1.82, 2.24) is 8.96 Å². The van der Waals surface area contributed by atoms with Gasteiger partial charge in [-0.2, -0.15) is 4.98 Å². The quantitative estimate of drug-likeness (QED) is 0.0583. The van der Waals surface area contributed by atoms with Crippen LogP contribution in [-0.4, -0.2) is 51.5 Å². The number of ether oxygens (including phenoxy) is 3. The lowest BCUT2D eigenvalue weighted by Crippen LogP contribution is -2.66. The van der Waals surface area contributed by atoms with E-state index in [1.165, 1.54) is 29.7 Å². The van der Waals surface area contributed by atoms with Crippen LogP contribution in [0.2, 0.25) is 5.04 Å². The molecule has 6 rings (SSSR count). The highest BCUT2D eigenvalue weighted by Crippen LogP contribution is 2.38. The number of hydrogen-bond donors (Lipinski definition) is 0. The Kier molecular flexibility index (Phi) is 11.9. The van der Waals surface area contributed by atoms with Crippen molar-refractivity contribution in [2.24, 2.45) is 0 Å². The number of pyridine rings is 1. The molecule has 55 heavy (non-hydrogen) atoms. The predicted octanol–water partition coefficient (Wildman–Crippen LogP) is 8.26. The van der Waals surface area contributed by atoms with Crippen molar-refractivity contribution in [2.75, 3.05) is 13.7 Å². The molecule has 2 aromatic heterocycles. The lowest BCUT2D eigenvalue weighted by Gasteiger charge is -2.43. The number of carbonyl (C=O) groups is 1. The Morgan fingerprint density at radius 1 is 0.855 bits per heavy atom. The van der Waals surface area contributed by atoms with Crippen molar-refractivity contribution in [2.45, 2.75) is 57.4 Å². The van der Waals surface area contributed by atoms with Crippen LogP contribution in [0.3, 0.4) is 0 Å². The van der Waals surface area contributed by atoms with Gasteiger partial charge >= 0.3 is 5.97 Å². The molecule has 286 valence electrons. The van der Waals surface area contributed by atoms with Crippen LogP contribution in [0.1, 0.15) is 56.5 Å². The summed E-state index contributed by atoms with van der Waals surface area (Å²) in [6.07, 6.45) is 2.18. The number of fused-ring (bicyclic) bond motifs is 1. The third-order valence-electron chi connectivity index (χ3n) is 9.42. The Bertz CT molecular complexity index is 2310. The minimum atomic E-state index is -3.90. The SMILES string of the molecule is COC(=O)c1ccc(F)cc1Oc1cc2ccn(S(=O)(=O)Cc3ccccc3)c2nc1OC(C)CCCO[Si](c1ccccc1)(c1ccccc1)C(C)(C)C. The summed E-state index contributed by atoms with van der Waals surface area (Å²) in [5, 5.41) is 2.62. The van der Waals surface area contributed by atoms with Gasteiger partial charge in [0.25, 0.3) is 14.2 Å². The summed E-state index contributed by atoms with van der Waals surface area (Å²) in [5.41, 5.74) is 0.746. The molecule has 0 fully saturated rings. The van der Waals surface area contributed by atoms with Gasteiger partial charge in [-0.05, 0) is 65.0 Å². The molecule has 0 N–H and O–H groups in total. The Morgan fingerprint density at radius 3 is 2.07 bits per heavy atom. The number of methoxy groups -OCH3 is 1. The van der Waals surface area contributed by atoms with E-state index >= 15 is 0 Å². The lowest BCUT2D eigenvalue weighted by atomic mass is 10.2. The fourth-order valence-electron chi connectivity index (χ4n) is 6.82. The van der Waals surface area contributed by atoms with E-state index in [1.54, 1.807) is 36.4 Å². The molecule has 0 saturated carbocycles. The standard InChI is InChI=1S/C43H45FN2O7SSi/c1-31(16-15-27-51-55(43(2,3)4,35-19-11-7-12-20-35)36-21-13-8-14-22-36)52-41-39(53-38-29-34(44)23-24-37(38)42(47)50-5)28-33-25-26-46(40(33)45-41)54(48,49)30-32-17-9-6-10-18-32/h6-14,17-26,28-29,31H,15-16,27,30H2,1-5H3. The number of aromatic nitrogens is 2. The first-order valence-corrected chi connectivity index (χ1v) is 21.6. The second-order valence-electron chi connectivity index (χ2n) is 14.4.